The van der Waals surface area contributed by atoms with Crippen LogP contribution in [0.1, 0.15) is 6.92 Å². The summed E-state index contributed by atoms with van der Waals surface area (Å²) in [7, 11) is 0. The summed E-state index contributed by atoms with van der Waals surface area (Å²) < 4.78 is 0. The quantitative estimate of drug-likeness (QED) is 0.569. The minimum absolute atomic E-state index is 0.323. The summed E-state index contributed by atoms with van der Waals surface area (Å²) in [6.45, 7) is -0.311. The first-order valence-corrected chi connectivity index (χ1v) is 5.57. The number of nitrogens with zero attached hydrogens (tertiary/aromatic N) is 2. The molecule has 1 aromatic rings. The molecule has 0 heterocycles. The second-order valence-electron chi connectivity index (χ2n) is 4.36. The van der Waals surface area contributed by atoms with E-state index in [0.29, 0.717) is 5.69 Å². The molecule has 0 aliphatic carbocycles. The van der Waals surface area contributed by atoms with Gasteiger partial charge in [-0.05, 0) is 12.1 Å². The molecule has 2 unspecified atom stereocenters. The second kappa shape index (κ2) is 6.06. The van der Waals surface area contributed by atoms with E-state index in [1.165, 1.54) is 12.1 Å². The van der Waals surface area contributed by atoms with Gasteiger partial charge in [0.1, 0.15) is 0 Å². The van der Waals surface area contributed by atoms with Crippen LogP contribution in [-0.2, 0) is 4.79 Å². The van der Waals surface area contributed by atoms with Crippen molar-refractivity contribution in [2.24, 2.45) is 0 Å². The third-order valence-electron chi connectivity index (χ3n) is 2.75. The van der Waals surface area contributed by atoms with Gasteiger partial charge >= 0.3 is 5.54 Å². The maximum Gasteiger partial charge on any atom is 0.316 e. The number of hydrogen-bond acceptors (Lipinski definition) is 6. The summed E-state index contributed by atoms with van der Waals surface area (Å²) in [6, 6.07) is 7.96. The van der Waals surface area contributed by atoms with Crippen molar-refractivity contribution in [3.8, 4) is 0 Å². The predicted molar refractivity (Wildman–Crippen MR) is 68.3 cm³/mol. The number of nitrogens with one attached hydrogen (secondary N) is 1. The third-order valence-corrected chi connectivity index (χ3v) is 2.75. The van der Waals surface area contributed by atoms with Crippen LogP contribution >= 0.6 is 0 Å². The monoisotopic (exact) mass is 283 g/mol. The van der Waals surface area contributed by atoms with Crippen molar-refractivity contribution < 1.29 is 19.7 Å². The average Bonchev–Trinajstić information content (AvgIpc) is 2.37. The van der Waals surface area contributed by atoms with E-state index in [1.807, 2.05) is 0 Å². The minimum Gasteiger partial charge on any atom is -0.377 e. The van der Waals surface area contributed by atoms with Crippen LogP contribution in [-0.4, -0.2) is 39.0 Å². The summed E-state index contributed by atoms with van der Waals surface area (Å²) in [5.74, 6) is -1.07. The zero-order valence-electron chi connectivity index (χ0n) is 10.6. The molecule has 20 heavy (non-hydrogen) atoms. The SMILES string of the molecule is CC(C[N+](=O)[O-])(C(O)C(=O)Nc1ccccc1)[N+](=O)[O-]. The summed E-state index contributed by atoms with van der Waals surface area (Å²) in [4.78, 5) is 31.2. The van der Waals surface area contributed by atoms with E-state index in [0.717, 1.165) is 6.92 Å². The van der Waals surface area contributed by atoms with E-state index >= 15 is 0 Å². The van der Waals surface area contributed by atoms with Gasteiger partial charge in [0.05, 0.1) is 0 Å². The van der Waals surface area contributed by atoms with Crippen molar-refractivity contribution in [1.29, 1.82) is 0 Å². The van der Waals surface area contributed by atoms with Crippen LogP contribution in [0.15, 0.2) is 30.3 Å². The van der Waals surface area contributed by atoms with Gasteiger partial charge in [-0.15, -0.1) is 0 Å². The zero-order valence-corrected chi connectivity index (χ0v) is 10.6. The number of para-hydroxylation sites is 1. The smallest absolute Gasteiger partial charge is 0.316 e. The van der Waals surface area contributed by atoms with Crippen molar-refractivity contribution in [2.45, 2.75) is 18.6 Å². The number of carbonyl (C=O) groups excluding carboxylic acids is 1. The van der Waals surface area contributed by atoms with Crippen LogP contribution < -0.4 is 5.32 Å². The van der Waals surface area contributed by atoms with Gasteiger partial charge in [0.25, 0.3) is 12.5 Å². The highest BCUT2D eigenvalue weighted by molar-refractivity contribution is 5.94. The zero-order chi connectivity index (χ0) is 15.3. The van der Waals surface area contributed by atoms with Crippen molar-refractivity contribution in [3.05, 3.63) is 50.6 Å². The molecule has 0 spiro atoms. The van der Waals surface area contributed by atoms with Crippen molar-refractivity contribution in [1.82, 2.24) is 0 Å². The highest BCUT2D eigenvalue weighted by Gasteiger charge is 2.53. The molecule has 2 N–H and O–H groups in total. The van der Waals surface area contributed by atoms with Gasteiger partial charge in [-0.1, -0.05) is 18.2 Å². The number of benzene rings is 1. The first-order chi connectivity index (χ1) is 9.27. The van der Waals surface area contributed by atoms with E-state index < -0.39 is 33.9 Å². The molecule has 1 amide bonds. The fraction of sp³-hybridized carbons (Fsp3) is 0.364. The van der Waals surface area contributed by atoms with Crippen LogP contribution in [0.3, 0.4) is 0 Å². The molecule has 9 heteroatoms. The van der Waals surface area contributed by atoms with Crippen LogP contribution in [0.25, 0.3) is 0 Å². The van der Waals surface area contributed by atoms with Gasteiger partial charge in [-0.25, -0.2) is 0 Å². The molecule has 108 valence electrons. The lowest BCUT2D eigenvalue weighted by Gasteiger charge is -2.21. The highest BCUT2D eigenvalue weighted by Crippen LogP contribution is 2.17. The van der Waals surface area contributed by atoms with Crippen molar-refractivity contribution in [3.63, 3.8) is 0 Å². The predicted octanol–water partition coefficient (Wildman–Crippen LogP) is 0.298. The van der Waals surface area contributed by atoms with Gasteiger partial charge in [-0.2, -0.15) is 0 Å². The van der Waals surface area contributed by atoms with Gasteiger partial charge in [0, 0.05) is 22.5 Å². The number of aliphatic hydroxyl groups is 1. The Morgan fingerprint density at radius 3 is 2.35 bits per heavy atom. The molecule has 0 bridgehead atoms. The van der Waals surface area contributed by atoms with Crippen LogP contribution in [0.5, 0.6) is 0 Å². The Morgan fingerprint density at radius 1 is 1.35 bits per heavy atom. The first-order valence-electron chi connectivity index (χ1n) is 5.57. The molecular formula is C11H13N3O6. The molecule has 1 rings (SSSR count). The van der Waals surface area contributed by atoms with Crippen LogP contribution in [0.2, 0.25) is 0 Å². The number of aliphatic hydroxyl groups excluding tert-OH is 1. The Kier molecular flexibility index (Phi) is 4.70. The fourth-order valence-electron chi connectivity index (χ4n) is 1.52. The molecule has 2 atom stereocenters. The largest absolute Gasteiger partial charge is 0.377 e. The lowest BCUT2D eigenvalue weighted by atomic mass is 9.95. The maximum absolute atomic E-state index is 11.8. The summed E-state index contributed by atoms with van der Waals surface area (Å²) in [5, 5.41) is 33.4. The summed E-state index contributed by atoms with van der Waals surface area (Å²) in [5.41, 5.74) is -2.08. The number of anilines is 1. The van der Waals surface area contributed by atoms with E-state index in [1.54, 1.807) is 18.2 Å². The molecule has 0 radical (unpaired) electrons. The van der Waals surface area contributed by atoms with E-state index in [4.69, 9.17) is 0 Å². The lowest BCUT2D eigenvalue weighted by molar-refractivity contribution is -0.629. The van der Waals surface area contributed by atoms with E-state index in [-0.39, 0.29) is 0 Å². The molecule has 9 nitrogen and oxygen atoms in total. The standard InChI is InChI=1S/C11H13N3O6/c1-11(14(19)20,7-13(17)18)9(15)10(16)12-8-5-3-2-4-6-8/h2-6,9,15H,7H2,1H3,(H,12,16). The highest BCUT2D eigenvalue weighted by atomic mass is 16.6. The number of carbonyl (C=O) groups is 1. The van der Waals surface area contributed by atoms with Crippen LogP contribution in [0, 0.1) is 20.2 Å². The summed E-state index contributed by atoms with van der Waals surface area (Å²) >= 11 is 0. The topological polar surface area (TPSA) is 136 Å². The first kappa shape index (κ1) is 15.5. The molecule has 0 fully saturated rings. The van der Waals surface area contributed by atoms with E-state index in [9.17, 15) is 30.1 Å². The molecule has 0 saturated carbocycles. The fourth-order valence-corrected chi connectivity index (χ4v) is 1.52. The molecular weight excluding hydrogens is 270 g/mol. The normalized spacial score (nSPS) is 14.9. The lowest BCUT2D eigenvalue weighted by Crippen LogP contribution is -2.56. The van der Waals surface area contributed by atoms with Gasteiger partial charge in [0.2, 0.25) is 6.10 Å². The minimum atomic E-state index is -2.40. The van der Waals surface area contributed by atoms with Crippen molar-refractivity contribution in [2.75, 3.05) is 11.9 Å². The molecule has 1 aromatic carbocycles. The third kappa shape index (κ3) is 3.48. The number of nitro groups is 2. The Bertz CT molecular complexity index is 520. The van der Waals surface area contributed by atoms with Gasteiger partial charge < -0.3 is 10.4 Å². The maximum atomic E-state index is 11.8. The Hall–Kier alpha value is -2.55. The van der Waals surface area contributed by atoms with E-state index in [2.05, 4.69) is 5.32 Å². The molecule has 0 aliphatic heterocycles. The van der Waals surface area contributed by atoms with Crippen LogP contribution in [0.4, 0.5) is 5.69 Å². The number of amides is 1. The molecule has 0 saturated heterocycles. The summed E-state index contributed by atoms with van der Waals surface area (Å²) in [6.07, 6.45) is -2.15. The van der Waals surface area contributed by atoms with Gasteiger partial charge in [0.15, 0.2) is 0 Å². The Morgan fingerprint density at radius 2 is 1.90 bits per heavy atom. The average molecular weight is 283 g/mol. The molecule has 0 aliphatic rings. The number of hydrogen-bond donors (Lipinski definition) is 2. The van der Waals surface area contributed by atoms with Gasteiger partial charge in [-0.3, -0.25) is 25.0 Å². The molecule has 0 aromatic heterocycles. The second-order valence-corrected chi connectivity index (χ2v) is 4.36. The van der Waals surface area contributed by atoms with Crippen molar-refractivity contribution >= 4 is 11.6 Å². The number of rotatable bonds is 6. The Balaban J connectivity index is 2.90. The Labute approximate surface area is 113 Å².